The van der Waals surface area contributed by atoms with Gasteiger partial charge in [-0.3, -0.25) is 4.79 Å². The van der Waals surface area contributed by atoms with E-state index in [2.05, 4.69) is 22.8 Å². The van der Waals surface area contributed by atoms with Gasteiger partial charge >= 0.3 is 0 Å². The average molecular weight is 469 g/mol. The summed E-state index contributed by atoms with van der Waals surface area (Å²) < 4.78 is 26.2. The van der Waals surface area contributed by atoms with Crippen LogP contribution in [0.1, 0.15) is 34.7 Å². The van der Waals surface area contributed by atoms with Crippen molar-refractivity contribution in [1.29, 1.82) is 0 Å². The third-order valence-corrected chi connectivity index (χ3v) is 5.86. The van der Waals surface area contributed by atoms with Gasteiger partial charge in [0.1, 0.15) is 11.5 Å². The summed E-state index contributed by atoms with van der Waals surface area (Å²) in [6.45, 7) is 1.86. The first-order valence-corrected chi connectivity index (χ1v) is 11.0. The molecule has 0 radical (unpaired) electrons. The lowest BCUT2D eigenvalue weighted by Gasteiger charge is -2.28. The van der Waals surface area contributed by atoms with E-state index in [4.69, 9.17) is 9.47 Å². The molecular formula is C26H26ClFN2O3. The number of fused-ring (bicyclic) bond motifs is 7. The van der Waals surface area contributed by atoms with Gasteiger partial charge in [0, 0.05) is 13.1 Å². The molecule has 0 aromatic heterocycles. The first kappa shape index (κ1) is 23.1. The summed E-state index contributed by atoms with van der Waals surface area (Å²) in [6.07, 6.45) is 1.72. The van der Waals surface area contributed by atoms with Gasteiger partial charge in [0.15, 0.2) is 11.6 Å². The van der Waals surface area contributed by atoms with Gasteiger partial charge < -0.3 is 20.1 Å². The highest BCUT2D eigenvalue weighted by molar-refractivity contribution is 5.85. The van der Waals surface area contributed by atoms with Crippen molar-refractivity contribution in [2.45, 2.75) is 25.3 Å². The number of carbonyl (C=O) groups excluding carboxylic acids is 1. The van der Waals surface area contributed by atoms with E-state index in [1.807, 2.05) is 30.3 Å². The molecule has 172 valence electrons. The van der Waals surface area contributed by atoms with Crippen LogP contribution in [0.5, 0.6) is 17.2 Å². The normalized spacial score (nSPS) is 17.8. The highest BCUT2D eigenvalue weighted by Crippen LogP contribution is 2.34. The van der Waals surface area contributed by atoms with Crippen molar-refractivity contribution < 1.29 is 18.7 Å². The van der Waals surface area contributed by atoms with Crippen LogP contribution >= 0.6 is 12.4 Å². The first-order chi connectivity index (χ1) is 15.7. The zero-order chi connectivity index (χ0) is 21.9. The van der Waals surface area contributed by atoms with Gasteiger partial charge in [-0.1, -0.05) is 24.3 Å². The summed E-state index contributed by atoms with van der Waals surface area (Å²) >= 11 is 0. The molecule has 0 saturated carbocycles. The lowest BCUT2D eigenvalue weighted by Crippen LogP contribution is -2.30. The Morgan fingerprint density at radius 1 is 0.970 bits per heavy atom. The number of halogens is 2. The summed E-state index contributed by atoms with van der Waals surface area (Å²) in [5.74, 6) is 0.951. The van der Waals surface area contributed by atoms with Crippen LogP contribution in [0.3, 0.4) is 0 Å². The standard InChI is InChI=1S/C26H25FN2O3.ClH/c27-23-8-5-17-13-24(23)32-21-6-7-22-18(15-21)9-11-29-26(22)19-3-1-4-20(16-19)31-12-2-10-28-25(30)14-17;/h1,3-8,13,15-16,26,29H,2,9-12,14H2,(H,28,30);1H. The molecule has 3 aromatic carbocycles. The Morgan fingerprint density at radius 2 is 1.88 bits per heavy atom. The van der Waals surface area contributed by atoms with E-state index >= 15 is 0 Å². The van der Waals surface area contributed by atoms with Gasteiger partial charge in [0.25, 0.3) is 0 Å². The predicted molar refractivity (Wildman–Crippen MR) is 127 cm³/mol. The maximum atomic E-state index is 14.4. The number of hydrogen-bond acceptors (Lipinski definition) is 4. The van der Waals surface area contributed by atoms with Gasteiger partial charge in [0.05, 0.1) is 19.1 Å². The molecule has 3 aromatic rings. The van der Waals surface area contributed by atoms with Crippen molar-refractivity contribution in [1.82, 2.24) is 10.6 Å². The molecule has 1 unspecified atom stereocenters. The van der Waals surface area contributed by atoms with Crippen LogP contribution in [0, 0.1) is 5.82 Å². The molecule has 0 saturated heterocycles. The number of amides is 1. The van der Waals surface area contributed by atoms with Crippen molar-refractivity contribution in [2.75, 3.05) is 19.7 Å². The summed E-state index contributed by atoms with van der Waals surface area (Å²) in [5, 5.41) is 6.48. The number of hydrogen-bond donors (Lipinski definition) is 2. The van der Waals surface area contributed by atoms with Crippen molar-refractivity contribution in [3.8, 4) is 17.2 Å². The van der Waals surface area contributed by atoms with Crippen molar-refractivity contribution in [3.63, 3.8) is 0 Å². The Labute approximate surface area is 198 Å². The van der Waals surface area contributed by atoms with Crippen molar-refractivity contribution in [2.24, 2.45) is 0 Å². The minimum absolute atomic E-state index is 0. The zero-order valence-corrected chi connectivity index (χ0v) is 18.9. The quantitative estimate of drug-likeness (QED) is 0.501. The van der Waals surface area contributed by atoms with E-state index in [9.17, 15) is 9.18 Å². The second-order valence-corrected chi connectivity index (χ2v) is 8.17. The van der Waals surface area contributed by atoms with Crippen LogP contribution in [-0.2, 0) is 17.6 Å². The molecule has 1 atom stereocenters. The van der Waals surface area contributed by atoms with E-state index in [0.717, 1.165) is 24.3 Å². The average Bonchev–Trinajstić information content (AvgIpc) is 2.80. The van der Waals surface area contributed by atoms with Gasteiger partial charge in [-0.15, -0.1) is 12.4 Å². The van der Waals surface area contributed by atoms with Crippen LogP contribution in [0.2, 0.25) is 0 Å². The summed E-state index contributed by atoms with van der Waals surface area (Å²) in [5.41, 5.74) is 4.18. The maximum Gasteiger partial charge on any atom is 0.224 e. The molecule has 3 heterocycles. The monoisotopic (exact) mass is 468 g/mol. The van der Waals surface area contributed by atoms with Gasteiger partial charge in [0.2, 0.25) is 5.91 Å². The molecule has 3 aliphatic rings. The van der Waals surface area contributed by atoms with Crippen molar-refractivity contribution in [3.05, 3.63) is 88.7 Å². The Morgan fingerprint density at radius 3 is 2.79 bits per heavy atom. The van der Waals surface area contributed by atoms with Gasteiger partial charge in [-0.05, 0) is 71.5 Å². The molecule has 0 spiro atoms. The Balaban J connectivity index is 0.00000259. The fourth-order valence-corrected chi connectivity index (χ4v) is 4.29. The molecule has 8 bridgehead atoms. The summed E-state index contributed by atoms with van der Waals surface area (Å²) in [4.78, 5) is 12.3. The minimum Gasteiger partial charge on any atom is -0.494 e. The fourth-order valence-electron chi connectivity index (χ4n) is 4.29. The fraction of sp³-hybridized carbons (Fsp3) is 0.269. The molecule has 33 heavy (non-hydrogen) atoms. The lowest BCUT2D eigenvalue weighted by atomic mass is 9.89. The molecule has 0 aliphatic carbocycles. The van der Waals surface area contributed by atoms with E-state index in [1.54, 1.807) is 12.1 Å². The highest BCUT2D eigenvalue weighted by Gasteiger charge is 2.22. The first-order valence-electron chi connectivity index (χ1n) is 11.0. The molecule has 3 aliphatic heterocycles. The second-order valence-electron chi connectivity index (χ2n) is 8.17. The minimum atomic E-state index is -0.453. The summed E-state index contributed by atoms with van der Waals surface area (Å²) in [6, 6.07) is 18.6. The van der Waals surface area contributed by atoms with Crippen molar-refractivity contribution >= 4 is 18.3 Å². The smallest absolute Gasteiger partial charge is 0.224 e. The number of benzene rings is 3. The largest absolute Gasteiger partial charge is 0.494 e. The van der Waals surface area contributed by atoms with E-state index in [1.165, 1.54) is 17.2 Å². The number of carbonyl (C=O) groups is 1. The molecule has 2 N–H and O–H groups in total. The second kappa shape index (κ2) is 10.2. The molecule has 5 nitrogen and oxygen atoms in total. The van der Waals surface area contributed by atoms with Crippen LogP contribution in [0.4, 0.5) is 4.39 Å². The van der Waals surface area contributed by atoms with E-state index in [0.29, 0.717) is 30.9 Å². The molecular weight excluding hydrogens is 443 g/mol. The summed E-state index contributed by atoms with van der Waals surface area (Å²) in [7, 11) is 0. The molecule has 1 amide bonds. The maximum absolute atomic E-state index is 14.4. The predicted octanol–water partition coefficient (Wildman–Crippen LogP) is 4.72. The number of ether oxygens (including phenoxy) is 2. The Kier molecular flexibility index (Phi) is 7.16. The molecule has 7 heteroatoms. The molecule has 0 fully saturated rings. The van der Waals surface area contributed by atoms with Gasteiger partial charge in [-0.2, -0.15) is 0 Å². The topological polar surface area (TPSA) is 59.6 Å². The lowest BCUT2D eigenvalue weighted by molar-refractivity contribution is -0.120. The Bertz CT molecular complexity index is 1150. The third-order valence-electron chi connectivity index (χ3n) is 5.86. The highest BCUT2D eigenvalue weighted by atomic mass is 35.5. The van der Waals surface area contributed by atoms with Crippen LogP contribution in [-0.4, -0.2) is 25.6 Å². The third kappa shape index (κ3) is 5.29. The number of nitrogens with one attached hydrogen (secondary N) is 2. The molecule has 6 rings (SSSR count). The zero-order valence-electron chi connectivity index (χ0n) is 18.1. The number of rotatable bonds is 0. The van der Waals surface area contributed by atoms with Crippen LogP contribution < -0.4 is 20.1 Å². The van der Waals surface area contributed by atoms with Crippen LogP contribution in [0.15, 0.2) is 60.7 Å². The van der Waals surface area contributed by atoms with E-state index in [-0.39, 0.29) is 36.5 Å². The van der Waals surface area contributed by atoms with E-state index < -0.39 is 5.82 Å². The Hall–Kier alpha value is -3.09. The van der Waals surface area contributed by atoms with Crippen LogP contribution in [0.25, 0.3) is 0 Å². The SMILES string of the molecule is Cl.O=C1Cc2ccc(F)c(c2)Oc2ccc3c(c2)CCNC3c2cccc(c2)OCCCN1. The van der Waals surface area contributed by atoms with Gasteiger partial charge in [-0.25, -0.2) is 4.39 Å².